The normalized spacial score (nSPS) is 11.8. The number of esters is 1. The Labute approximate surface area is 222 Å². The van der Waals surface area contributed by atoms with Crippen molar-refractivity contribution < 1.29 is 19.1 Å². The van der Waals surface area contributed by atoms with Crippen LogP contribution >= 0.6 is 35.0 Å². The molecule has 0 fully saturated rings. The predicted molar refractivity (Wildman–Crippen MR) is 140 cm³/mol. The highest BCUT2D eigenvalue weighted by atomic mass is 35.5. The lowest BCUT2D eigenvalue weighted by Gasteiger charge is -2.22. The molecule has 0 bridgehead atoms. The summed E-state index contributed by atoms with van der Waals surface area (Å²) in [7, 11) is 3.08. The van der Waals surface area contributed by atoms with E-state index in [0.29, 0.717) is 32.8 Å². The second-order valence-electron chi connectivity index (χ2n) is 8.12. The van der Waals surface area contributed by atoms with Crippen LogP contribution in [-0.4, -0.2) is 45.4 Å². The minimum Gasteiger partial charge on any atom is -0.465 e. The number of hydrogen-bond acceptors (Lipinski definition) is 7. The molecule has 2 amide bonds. The number of carbonyl (C=O) groups is 3. The minimum absolute atomic E-state index is 0.00274. The monoisotopic (exact) mass is 549 g/mol. The Morgan fingerprint density at radius 2 is 1.78 bits per heavy atom. The number of carbonyl (C=O) groups excluding carboxylic acids is 3. The van der Waals surface area contributed by atoms with Crippen molar-refractivity contribution in [1.29, 1.82) is 0 Å². The average Bonchev–Trinajstić information content (AvgIpc) is 3.20. The summed E-state index contributed by atoms with van der Waals surface area (Å²) in [5.74, 6) is -0.425. The summed E-state index contributed by atoms with van der Waals surface area (Å²) in [4.78, 5) is 36.8. The molecule has 0 unspecified atom stereocenters. The number of rotatable bonds is 9. The minimum atomic E-state index is -0.450. The van der Waals surface area contributed by atoms with E-state index >= 15 is 0 Å². The van der Waals surface area contributed by atoms with Crippen LogP contribution in [0, 0.1) is 5.92 Å². The fraction of sp³-hybridized carbons (Fsp3) is 0.292. The summed E-state index contributed by atoms with van der Waals surface area (Å²) in [6.07, 6.45) is 0. The van der Waals surface area contributed by atoms with Gasteiger partial charge in [-0.15, -0.1) is 10.2 Å². The molecule has 0 aliphatic rings. The predicted octanol–water partition coefficient (Wildman–Crippen LogP) is 4.77. The zero-order valence-electron chi connectivity index (χ0n) is 20.0. The van der Waals surface area contributed by atoms with Gasteiger partial charge in [0.2, 0.25) is 5.91 Å². The van der Waals surface area contributed by atoms with Gasteiger partial charge >= 0.3 is 5.97 Å². The lowest BCUT2D eigenvalue weighted by molar-refractivity contribution is -0.113. The van der Waals surface area contributed by atoms with Crippen LogP contribution in [0.5, 0.6) is 0 Å². The molecule has 1 aromatic heterocycles. The number of ether oxygens (including phenoxy) is 1. The van der Waals surface area contributed by atoms with Crippen LogP contribution < -0.4 is 10.6 Å². The molecule has 1 atom stereocenters. The maximum absolute atomic E-state index is 12.9. The van der Waals surface area contributed by atoms with E-state index in [9.17, 15) is 14.4 Å². The number of amides is 2. The first-order valence-electron chi connectivity index (χ1n) is 10.9. The molecule has 3 aromatic rings. The third kappa shape index (κ3) is 6.77. The van der Waals surface area contributed by atoms with E-state index in [0.717, 1.165) is 0 Å². The Balaban J connectivity index is 1.64. The Kier molecular flexibility index (Phi) is 9.36. The number of halogens is 2. The van der Waals surface area contributed by atoms with Crippen molar-refractivity contribution in [2.75, 3.05) is 18.2 Å². The number of aromatic nitrogens is 3. The molecule has 1 heterocycles. The average molecular weight is 550 g/mol. The summed E-state index contributed by atoms with van der Waals surface area (Å²) in [5, 5.41) is 15.4. The van der Waals surface area contributed by atoms with Crippen LogP contribution in [0.1, 0.15) is 46.4 Å². The number of hydrogen-bond donors (Lipinski definition) is 2. The van der Waals surface area contributed by atoms with E-state index in [1.165, 1.54) is 24.9 Å². The number of methoxy groups -OCH3 is 1. The van der Waals surface area contributed by atoms with Gasteiger partial charge in [-0.25, -0.2) is 4.79 Å². The van der Waals surface area contributed by atoms with Gasteiger partial charge in [-0.2, -0.15) is 0 Å². The standard InChI is InChI=1S/C24H25Cl2N5O4S/c1-13(2)20(28-22(33)17-10-7-15(25)11-18(17)26)21-29-30-24(31(21)3)36-12-19(32)27-16-8-5-14(6-9-16)23(34)35-4/h5-11,13,20H,12H2,1-4H3,(H,27,32)(H,28,33)/t20-/m1/s1. The van der Waals surface area contributed by atoms with E-state index in [-0.39, 0.29) is 28.5 Å². The van der Waals surface area contributed by atoms with Gasteiger partial charge in [0.05, 0.1) is 35.1 Å². The third-order valence-corrected chi connectivity index (χ3v) is 6.77. The zero-order valence-corrected chi connectivity index (χ0v) is 22.4. The van der Waals surface area contributed by atoms with Gasteiger partial charge in [0.25, 0.3) is 5.91 Å². The zero-order chi connectivity index (χ0) is 26.4. The highest BCUT2D eigenvalue weighted by molar-refractivity contribution is 7.99. The van der Waals surface area contributed by atoms with Gasteiger partial charge in [0.1, 0.15) is 0 Å². The lowest BCUT2D eigenvalue weighted by Crippen LogP contribution is -2.33. The second kappa shape index (κ2) is 12.2. The molecule has 2 N–H and O–H groups in total. The number of nitrogens with zero attached hydrogens (tertiary/aromatic N) is 3. The van der Waals surface area contributed by atoms with Gasteiger partial charge in [-0.3, -0.25) is 9.59 Å². The molecule has 0 saturated carbocycles. The molecule has 190 valence electrons. The molecule has 0 aliphatic heterocycles. The highest BCUT2D eigenvalue weighted by Crippen LogP contribution is 2.26. The van der Waals surface area contributed by atoms with Crippen LogP contribution in [0.15, 0.2) is 47.6 Å². The molecule has 0 spiro atoms. The fourth-order valence-electron chi connectivity index (χ4n) is 3.28. The van der Waals surface area contributed by atoms with Crippen LogP contribution in [0.25, 0.3) is 0 Å². The Hall–Kier alpha value is -3.08. The molecular weight excluding hydrogens is 525 g/mol. The maximum Gasteiger partial charge on any atom is 0.337 e. The molecule has 0 aliphatic carbocycles. The topological polar surface area (TPSA) is 115 Å². The molecular formula is C24H25Cl2N5O4S. The van der Waals surface area contributed by atoms with Gasteiger partial charge in [-0.1, -0.05) is 48.8 Å². The van der Waals surface area contributed by atoms with E-state index in [4.69, 9.17) is 23.2 Å². The first kappa shape index (κ1) is 27.5. The van der Waals surface area contributed by atoms with Gasteiger partial charge in [0.15, 0.2) is 11.0 Å². The highest BCUT2D eigenvalue weighted by Gasteiger charge is 2.26. The molecule has 12 heteroatoms. The number of anilines is 1. The first-order valence-corrected chi connectivity index (χ1v) is 12.6. The second-order valence-corrected chi connectivity index (χ2v) is 9.91. The van der Waals surface area contributed by atoms with Crippen molar-refractivity contribution >= 4 is 58.4 Å². The summed E-state index contributed by atoms with van der Waals surface area (Å²) >= 11 is 13.3. The number of benzene rings is 2. The van der Waals surface area contributed by atoms with Crippen LogP contribution in [0.3, 0.4) is 0 Å². The summed E-state index contributed by atoms with van der Waals surface area (Å²) < 4.78 is 6.41. The fourth-order valence-corrected chi connectivity index (χ4v) is 4.49. The lowest BCUT2D eigenvalue weighted by atomic mass is 10.0. The first-order chi connectivity index (χ1) is 17.1. The van der Waals surface area contributed by atoms with E-state index < -0.39 is 12.0 Å². The van der Waals surface area contributed by atoms with Crippen molar-refractivity contribution in [1.82, 2.24) is 20.1 Å². The van der Waals surface area contributed by atoms with Crippen molar-refractivity contribution in [3.8, 4) is 0 Å². The van der Waals surface area contributed by atoms with E-state index in [1.807, 2.05) is 13.8 Å². The van der Waals surface area contributed by atoms with Crippen molar-refractivity contribution in [3.63, 3.8) is 0 Å². The van der Waals surface area contributed by atoms with Crippen molar-refractivity contribution in [2.24, 2.45) is 13.0 Å². The van der Waals surface area contributed by atoms with Gasteiger partial charge in [-0.05, 0) is 48.4 Å². The summed E-state index contributed by atoms with van der Waals surface area (Å²) in [6, 6.07) is 10.6. The Morgan fingerprint density at radius 3 is 2.39 bits per heavy atom. The molecule has 9 nitrogen and oxygen atoms in total. The van der Waals surface area contributed by atoms with Crippen LogP contribution in [-0.2, 0) is 16.6 Å². The van der Waals surface area contributed by atoms with Gasteiger partial charge in [0, 0.05) is 17.8 Å². The van der Waals surface area contributed by atoms with Crippen LogP contribution in [0.4, 0.5) is 5.69 Å². The van der Waals surface area contributed by atoms with Gasteiger partial charge < -0.3 is 19.9 Å². The molecule has 3 rings (SSSR count). The quantitative estimate of drug-likeness (QED) is 0.292. The Morgan fingerprint density at radius 1 is 1.08 bits per heavy atom. The number of nitrogens with one attached hydrogen (secondary N) is 2. The molecule has 2 aromatic carbocycles. The summed E-state index contributed by atoms with van der Waals surface area (Å²) in [5.41, 5.74) is 1.25. The molecule has 0 radical (unpaired) electrons. The van der Waals surface area contributed by atoms with Crippen molar-refractivity contribution in [2.45, 2.75) is 25.0 Å². The molecule has 0 saturated heterocycles. The van der Waals surface area contributed by atoms with E-state index in [2.05, 4.69) is 25.6 Å². The molecule has 36 heavy (non-hydrogen) atoms. The smallest absolute Gasteiger partial charge is 0.337 e. The Bertz CT molecular complexity index is 1260. The van der Waals surface area contributed by atoms with Crippen LogP contribution in [0.2, 0.25) is 10.0 Å². The number of thioether (sulfide) groups is 1. The largest absolute Gasteiger partial charge is 0.465 e. The maximum atomic E-state index is 12.9. The van der Waals surface area contributed by atoms with E-state index in [1.54, 1.807) is 48.0 Å². The summed E-state index contributed by atoms with van der Waals surface area (Å²) in [6.45, 7) is 3.91. The SMILES string of the molecule is COC(=O)c1ccc(NC(=O)CSc2nnc([C@H](NC(=O)c3ccc(Cl)cc3Cl)C(C)C)n2C)cc1. The third-order valence-electron chi connectivity index (χ3n) is 5.20. The van der Waals surface area contributed by atoms with Crippen molar-refractivity contribution in [3.05, 3.63) is 69.5 Å².